The van der Waals surface area contributed by atoms with Crippen LogP contribution >= 0.6 is 11.3 Å². The highest BCUT2D eigenvalue weighted by Gasteiger charge is 2.18. The molecule has 0 bridgehead atoms. The summed E-state index contributed by atoms with van der Waals surface area (Å²) in [5.41, 5.74) is 9.11. The fourth-order valence-corrected chi connectivity index (χ4v) is 5.61. The van der Waals surface area contributed by atoms with Gasteiger partial charge in [-0.05, 0) is 66.1 Å². The molecule has 4 N–H and O–H groups in total. The van der Waals surface area contributed by atoms with Crippen molar-refractivity contribution in [3.63, 3.8) is 0 Å². The third kappa shape index (κ3) is 6.24. The highest BCUT2D eigenvalue weighted by molar-refractivity contribution is 7.71. The minimum Gasteiger partial charge on any atom is -0.383 e. The lowest BCUT2D eigenvalue weighted by Gasteiger charge is -2.17. The normalized spacial score (nSPS) is 12.0. The van der Waals surface area contributed by atoms with Crippen molar-refractivity contribution in [2.45, 2.75) is 25.3 Å². The highest BCUT2D eigenvalue weighted by Crippen LogP contribution is 2.31. The molecule has 40 heavy (non-hydrogen) atoms. The van der Waals surface area contributed by atoms with Gasteiger partial charge in [-0.25, -0.2) is 27.8 Å². The molecule has 0 spiro atoms. The topological polar surface area (TPSA) is 140 Å². The average molecular weight is 577 g/mol. The Morgan fingerprint density at radius 1 is 1.05 bits per heavy atom. The number of anilines is 2. The molecular formula is C28H25FN6O3S2. The molecule has 9 nitrogen and oxygen atoms in total. The van der Waals surface area contributed by atoms with Crippen LogP contribution in [0.25, 0.3) is 21.3 Å². The number of nitrogens with two attached hydrogens (primary N) is 1. The summed E-state index contributed by atoms with van der Waals surface area (Å²) in [7, 11) is -2.69. The summed E-state index contributed by atoms with van der Waals surface area (Å²) in [4.78, 5) is 27.9. The summed E-state index contributed by atoms with van der Waals surface area (Å²) in [6.07, 6.45) is 2.88. The van der Waals surface area contributed by atoms with Crippen molar-refractivity contribution in [3.8, 4) is 10.4 Å². The van der Waals surface area contributed by atoms with Gasteiger partial charge in [-0.2, -0.15) is 0 Å². The molecule has 12 heteroatoms. The van der Waals surface area contributed by atoms with E-state index in [-0.39, 0.29) is 17.1 Å². The van der Waals surface area contributed by atoms with Crippen LogP contribution in [0.4, 0.5) is 16.0 Å². The zero-order valence-electron chi connectivity index (χ0n) is 21.3. The number of nitrogen functional groups attached to an aromatic ring is 1. The minimum atomic E-state index is -2.69. The van der Waals surface area contributed by atoms with Crippen LogP contribution in [0.3, 0.4) is 0 Å². The fourth-order valence-electron chi connectivity index (χ4n) is 4.20. The van der Waals surface area contributed by atoms with Crippen molar-refractivity contribution in [2.24, 2.45) is 0 Å². The van der Waals surface area contributed by atoms with E-state index in [1.54, 1.807) is 30.4 Å². The van der Waals surface area contributed by atoms with E-state index >= 15 is 0 Å². The van der Waals surface area contributed by atoms with Gasteiger partial charge in [-0.15, -0.1) is 11.3 Å². The number of hydrogen-bond donors (Lipinski definition) is 4. The van der Waals surface area contributed by atoms with E-state index in [0.717, 1.165) is 31.8 Å². The highest BCUT2D eigenvalue weighted by atomic mass is 32.2. The van der Waals surface area contributed by atoms with E-state index in [2.05, 4.69) is 25.6 Å². The van der Waals surface area contributed by atoms with Crippen LogP contribution < -0.4 is 16.4 Å². The van der Waals surface area contributed by atoms with Crippen LogP contribution in [0.5, 0.6) is 0 Å². The Balaban J connectivity index is 1.35. The van der Waals surface area contributed by atoms with Gasteiger partial charge >= 0.3 is 0 Å². The predicted molar refractivity (Wildman–Crippen MR) is 155 cm³/mol. The van der Waals surface area contributed by atoms with E-state index in [9.17, 15) is 17.6 Å². The molecule has 0 saturated carbocycles. The molecule has 0 aliphatic carbocycles. The first kappa shape index (κ1) is 27.2. The Morgan fingerprint density at radius 2 is 1.85 bits per heavy atom. The van der Waals surface area contributed by atoms with E-state index in [1.807, 2.05) is 30.3 Å². The van der Waals surface area contributed by atoms with E-state index in [1.165, 1.54) is 30.7 Å². The summed E-state index contributed by atoms with van der Waals surface area (Å²) in [6, 6.07) is 16.8. The summed E-state index contributed by atoms with van der Waals surface area (Å²) >= 11 is 1.57. The number of hydrogen-bond acceptors (Lipinski definition) is 9. The maximum atomic E-state index is 13.3. The van der Waals surface area contributed by atoms with Gasteiger partial charge in [0.2, 0.25) is 0 Å². The molecule has 1 amide bonds. The van der Waals surface area contributed by atoms with Gasteiger partial charge in [0.15, 0.2) is 0 Å². The van der Waals surface area contributed by atoms with Crippen LogP contribution in [0.1, 0.15) is 39.3 Å². The Morgan fingerprint density at radius 3 is 2.62 bits per heavy atom. The summed E-state index contributed by atoms with van der Waals surface area (Å²) in [5, 5.41) is 6.88. The summed E-state index contributed by atoms with van der Waals surface area (Å²) < 4.78 is 35.9. The third-order valence-electron chi connectivity index (χ3n) is 6.26. The standard InChI is InChI=1S/C28H25FN6O3S2/c1-16(18-2-5-20(29)6-3-18)35-28(36)23-10-17(14-40(37)38)12-31-27(23)32-13-21-7-9-25(39-21)19-4-8-24-22(11-19)26(30)34-15-33-24/h2-12,15-16,40H,13-14H2,1H3,(H,31,32)(H,35,36)(H2,30,33,34)/t16-/m0/s1. The lowest BCUT2D eigenvalue weighted by molar-refractivity contribution is 0.0940. The van der Waals surface area contributed by atoms with Gasteiger partial charge in [0.05, 0.1) is 29.4 Å². The number of halogens is 1. The Kier molecular flexibility index (Phi) is 7.99. The fraction of sp³-hybridized carbons (Fsp3) is 0.143. The number of amides is 1. The van der Waals surface area contributed by atoms with Crippen LogP contribution in [0, 0.1) is 5.82 Å². The summed E-state index contributed by atoms with van der Waals surface area (Å²) in [5.74, 6) is -0.294. The minimum absolute atomic E-state index is 0.213. The number of aromatic nitrogens is 3. The van der Waals surface area contributed by atoms with Gasteiger partial charge < -0.3 is 16.4 Å². The number of pyridine rings is 1. The molecule has 0 aliphatic rings. The molecule has 5 rings (SSSR count). The van der Waals surface area contributed by atoms with E-state index in [0.29, 0.717) is 23.7 Å². The quantitative estimate of drug-likeness (QED) is 0.185. The second kappa shape index (κ2) is 11.8. The predicted octanol–water partition coefficient (Wildman–Crippen LogP) is 4.69. The second-order valence-electron chi connectivity index (χ2n) is 9.09. The van der Waals surface area contributed by atoms with Crippen LogP contribution in [-0.2, 0) is 23.0 Å². The number of carbonyl (C=O) groups excluding carboxylic acids is 1. The maximum Gasteiger partial charge on any atom is 0.255 e. The molecule has 0 fully saturated rings. The molecule has 3 heterocycles. The number of fused-ring (bicyclic) bond motifs is 1. The molecule has 0 aliphatic heterocycles. The molecule has 5 aromatic rings. The van der Waals surface area contributed by atoms with Crippen molar-refractivity contribution in [1.82, 2.24) is 20.3 Å². The number of nitrogens with one attached hydrogen (secondary N) is 2. The molecule has 1 atom stereocenters. The van der Waals surface area contributed by atoms with Gasteiger partial charge in [0.1, 0.15) is 34.5 Å². The summed E-state index contributed by atoms with van der Waals surface area (Å²) in [6.45, 7) is 2.17. The maximum absolute atomic E-state index is 13.3. The Hall–Kier alpha value is -4.42. The second-order valence-corrected chi connectivity index (χ2v) is 11.2. The largest absolute Gasteiger partial charge is 0.383 e. The first-order chi connectivity index (χ1) is 19.3. The molecular weight excluding hydrogens is 551 g/mol. The number of thiophene rings is 1. The van der Waals surface area contributed by atoms with Crippen molar-refractivity contribution < 1.29 is 17.6 Å². The molecule has 2 aromatic carbocycles. The first-order valence-electron chi connectivity index (χ1n) is 12.3. The first-order valence-corrected chi connectivity index (χ1v) is 14.4. The lowest BCUT2D eigenvalue weighted by atomic mass is 10.1. The molecule has 3 aromatic heterocycles. The number of nitrogens with zero attached hydrogens (tertiary/aromatic N) is 3. The zero-order chi connectivity index (χ0) is 28.2. The Labute approximate surface area is 235 Å². The molecule has 0 saturated heterocycles. The van der Waals surface area contributed by atoms with Crippen LogP contribution in [0.15, 0.2) is 73.2 Å². The number of thiol groups is 1. The molecule has 0 unspecified atom stereocenters. The molecule has 204 valence electrons. The smallest absolute Gasteiger partial charge is 0.255 e. The van der Waals surface area contributed by atoms with Gasteiger partial charge in [-0.1, -0.05) is 18.2 Å². The zero-order valence-corrected chi connectivity index (χ0v) is 23.0. The van der Waals surface area contributed by atoms with Crippen molar-refractivity contribution >= 4 is 50.5 Å². The Bertz CT molecular complexity index is 1760. The van der Waals surface area contributed by atoms with Crippen molar-refractivity contribution in [1.29, 1.82) is 0 Å². The van der Waals surface area contributed by atoms with Crippen molar-refractivity contribution in [2.75, 3.05) is 11.1 Å². The van der Waals surface area contributed by atoms with Crippen LogP contribution in [-0.4, -0.2) is 29.3 Å². The van der Waals surface area contributed by atoms with Gasteiger partial charge in [0.25, 0.3) is 5.91 Å². The number of benzene rings is 2. The SMILES string of the molecule is C[C@H](NC(=O)c1cc(C[SH](=O)=O)cnc1NCc1ccc(-c2ccc3ncnc(N)c3c2)s1)c1ccc(F)cc1. The monoisotopic (exact) mass is 576 g/mol. The molecule has 0 radical (unpaired) electrons. The van der Waals surface area contributed by atoms with Crippen LogP contribution in [0.2, 0.25) is 0 Å². The van der Waals surface area contributed by atoms with E-state index in [4.69, 9.17) is 5.73 Å². The number of rotatable bonds is 9. The van der Waals surface area contributed by atoms with Crippen molar-refractivity contribution in [3.05, 3.63) is 101 Å². The third-order valence-corrected chi connectivity index (χ3v) is 8.02. The van der Waals surface area contributed by atoms with Gasteiger partial charge in [-0.3, -0.25) is 4.79 Å². The van der Waals surface area contributed by atoms with E-state index < -0.39 is 22.7 Å². The number of carbonyl (C=O) groups is 1. The van der Waals surface area contributed by atoms with Gasteiger partial charge in [0, 0.05) is 21.3 Å². The lowest BCUT2D eigenvalue weighted by Crippen LogP contribution is -2.28. The average Bonchev–Trinajstić information content (AvgIpc) is 3.41.